The number of thiol groups is 1. The van der Waals surface area contributed by atoms with Crippen LogP contribution in [0.4, 0.5) is 0 Å². The summed E-state index contributed by atoms with van der Waals surface area (Å²) in [5.41, 5.74) is 5.24. The molecular weight excluding hydrogens is 216 g/mol. The molecular formula is C9H18N2O3S. The molecule has 0 aromatic carbocycles. The number of nitrogens with two attached hydrogens (primary N) is 1. The molecule has 0 bridgehead atoms. The van der Waals surface area contributed by atoms with E-state index >= 15 is 0 Å². The second-order valence-electron chi connectivity index (χ2n) is 3.88. The second-order valence-corrected chi connectivity index (χ2v) is 5.04. The molecule has 1 amide bonds. The molecule has 0 aliphatic heterocycles. The lowest BCUT2D eigenvalue weighted by Crippen LogP contribution is -2.51. The Hall–Kier alpha value is -0.750. The molecule has 0 radical (unpaired) electrons. The number of carbonyl (C=O) groups excluding carboxylic acids is 1. The van der Waals surface area contributed by atoms with Crippen LogP contribution in [0.15, 0.2) is 0 Å². The van der Waals surface area contributed by atoms with E-state index in [1.807, 2.05) is 0 Å². The van der Waals surface area contributed by atoms with Gasteiger partial charge in [0, 0.05) is 11.2 Å². The highest BCUT2D eigenvalue weighted by Crippen LogP contribution is 2.17. The molecule has 0 rings (SSSR count). The Labute approximate surface area is 94.8 Å². The van der Waals surface area contributed by atoms with Gasteiger partial charge in [-0.25, -0.2) is 4.79 Å². The zero-order valence-corrected chi connectivity index (χ0v) is 9.88. The minimum absolute atomic E-state index is 0.240. The molecule has 5 nitrogen and oxygen atoms in total. The standard InChI is InChI=1S/C9H18N2O3S/c1-9(2,15)7(8(13)14)11-6(12)4-3-5-10/h7,15H,3-5,10H2,1-2H3,(H,11,12)(H,13,14)/t7-/m1/s1. The van der Waals surface area contributed by atoms with Gasteiger partial charge in [0.2, 0.25) is 5.91 Å². The van der Waals surface area contributed by atoms with Crippen LogP contribution < -0.4 is 11.1 Å². The first-order valence-electron chi connectivity index (χ1n) is 4.73. The van der Waals surface area contributed by atoms with Crippen LogP contribution in [0.5, 0.6) is 0 Å². The van der Waals surface area contributed by atoms with Crippen molar-refractivity contribution in [3.8, 4) is 0 Å². The van der Waals surface area contributed by atoms with Gasteiger partial charge in [0.15, 0.2) is 0 Å². The van der Waals surface area contributed by atoms with Gasteiger partial charge >= 0.3 is 5.97 Å². The summed E-state index contributed by atoms with van der Waals surface area (Å²) in [6.45, 7) is 3.69. The van der Waals surface area contributed by atoms with Crippen LogP contribution in [-0.2, 0) is 9.59 Å². The quantitative estimate of drug-likeness (QED) is 0.487. The lowest BCUT2D eigenvalue weighted by atomic mass is 10.0. The van der Waals surface area contributed by atoms with Gasteiger partial charge in [-0.1, -0.05) is 0 Å². The average Bonchev–Trinajstić information content (AvgIpc) is 2.08. The van der Waals surface area contributed by atoms with Crippen molar-refractivity contribution in [3.63, 3.8) is 0 Å². The number of hydrogen-bond acceptors (Lipinski definition) is 4. The topological polar surface area (TPSA) is 92.4 Å². The Kier molecular flexibility index (Phi) is 5.67. The smallest absolute Gasteiger partial charge is 0.327 e. The molecule has 0 aromatic heterocycles. The van der Waals surface area contributed by atoms with Gasteiger partial charge in [-0.2, -0.15) is 12.6 Å². The van der Waals surface area contributed by atoms with Gasteiger partial charge < -0.3 is 16.2 Å². The van der Waals surface area contributed by atoms with Gasteiger partial charge in [0.05, 0.1) is 0 Å². The maximum atomic E-state index is 11.3. The van der Waals surface area contributed by atoms with E-state index in [-0.39, 0.29) is 12.3 Å². The first-order chi connectivity index (χ1) is 6.79. The fourth-order valence-electron chi connectivity index (χ4n) is 1.04. The van der Waals surface area contributed by atoms with Gasteiger partial charge in [-0.3, -0.25) is 4.79 Å². The van der Waals surface area contributed by atoms with Crippen molar-refractivity contribution in [3.05, 3.63) is 0 Å². The SMILES string of the molecule is CC(C)(S)[C@H](NC(=O)CCCN)C(=O)O. The third-order valence-electron chi connectivity index (χ3n) is 1.87. The average molecular weight is 234 g/mol. The first kappa shape index (κ1) is 14.2. The molecule has 6 heteroatoms. The number of rotatable bonds is 6. The van der Waals surface area contributed by atoms with Crippen molar-refractivity contribution in [2.24, 2.45) is 5.73 Å². The molecule has 15 heavy (non-hydrogen) atoms. The van der Waals surface area contributed by atoms with Gasteiger partial charge in [-0.15, -0.1) is 0 Å². The zero-order valence-electron chi connectivity index (χ0n) is 8.99. The molecule has 1 atom stereocenters. The van der Waals surface area contributed by atoms with Crippen molar-refractivity contribution in [2.75, 3.05) is 6.54 Å². The Bertz CT molecular complexity index is 238. The summed E-state index contributed by atoms with van der Waals surface area (Å²) in [7, 11) is 0. The summed E-state index contributed by atoms with van der Waals surface area (Å²) >= 11 is 4.13. The normalized spacial score (nSPS) is 13.3. The number of amides is 1. The number of nitrogens with one attached hydrogen (secondary N) is 1. The zero-order chi connectivity index (χ0) is 12.1. The summed E-state index contributed by atoms with van der Waals surface area (Å²) in [4.78, 5) is 22.2. The lowest BCUT2D eigenvalue weighted by molar-refractivity contribution is -0.142. The molecule has 0 unspecified atom stereocenters. The van der Waals surface area contributed by atoms with Gasteiger partial charge in [0.1, 0.15) is 6.04 Å². The lowest BCUT2D eigenvalue weighted by Gasteiger charge is -2.26. The van der Waals surface area contributed by atoms with Crippen molar-refractivity contribution >= 4 is 24.5 Å². The van der Waals surface area contributed by atoms with Crippen LogP contribution in [0.25, 0.3) is 0 Å². The minimum Gasteiger partial charge on any atom is -0.480 e. The first-order valence-corrected chi connectivity index (χ1v) is 5.18. The Balaban J connectivity index is 4.31. The van der Waals surface area contributed by atoms with Crippen LogP contribution in [0.3, 0.4) is 0 Å². The van der Waals surface area contributed by atoms with Crippen LogP contribution in [0.1, 0.15) is 26.7 Å². The number of carboxylic acids is 1. The molecule has 0 fully saturated rings. The van der Waals surface area contributed by atoms with Crippen LogP contribution in [0.2, 0.25) is 0 Å². The Morgan fingerprint density at radius 2 is 2.07 bits per heavy atom. The van der Waals surface area contributed by atoms with Crippen LogP contribution >= 0.6 is 12.6 Å². The van der Waals surface area contributed by atoms with Crippen LogP contribution in [-0.4, -0.2) is 34.3 Å². The fourth-order valence-corrected chi connectivity index (χ4v) is 1.21. The van der Waals surface area contributed by atoms with Gasteiger partial charge in [0.25, 0.3) is 0 Å². The summed E-state index contributed by atoms with van der Waals surface area (Å²) in [6, 6.07) is -0.994. The molecule has 0 aliphatic rings. The molecule has 0 aromatic rings. The van der Waals surface area contributed by atoms with Crippen molar-refractivity contribution in [1.82, 2.24) is 5.32 Å². The highest BCUT2D eigenvalue weighted by Gasteiger charge is 2.33. The predicted octanol–water partition coefficient (Wildman–Crippen LogP) is 0.00310. The Morgan fingerprint density at radius 3 is 2.40 bits per heavy atom. The molecule has 88 valence electrons. The number of carboxylic acid groups (broad SMARTS) is 1. The minimum atomic E-state index is -1.09. The van der Waals surface area contributed by atoms with Crippen molar-refractivity contribution < 1.29 is 14.7 Å². The maximum Gasteiger partial charge on any atom is 0.327 e. The summed E-state index contributed by atoms with van der Waals surface area (Å²) in [6.07, 6.45) is 0.787. The number of aliphatic carboxylic acids is 1. The predicted molar refractivity (Wildman–Crippen MR) is 60.9 cm³/mol. The van der Waals surface area contributed by atoms with E-state index in [2.05, 4.69) is 17.9 Å². The summed E-state index contributed by atoms with van der Waals surface area (Å²) in [5.74, 6) is -1.40. The molecule has 0 saturated carbocycles. The maximum absolute atomic E-state index is 11.3. The van der Waals surface area contributed by atoms with E-state index in [0.29, 0.717) is 13.0 Å². The highest BCUT2D eigenvalue weighted by atomic mass is 32.1. The molecule has 4 N–H and O–H groups in total. The van der Waals surface area contributed by atoms with E-state index in [1.54, 1.807) is 13.8 Å². The summed E-state index contributed by atoms with van der Waals surface area (Å²) in [5, 5.41) is 11.3. The summed E-state index contributed by atoms with van der Waals surface area (Å²) < 4.78 is -0.801. The van der Waals surface area contributed by atoms with Gasteiger partial charge in [-0.05, 0) is 26.8 Å². The second kappa shape index (κ2) is 5.97. The van der Waals surface area contributed by atoms with Crippen molar-refractivity contribution in [1.29, 1.82) is 0 Å². The van der Waals surface area contributed by atoms with Crippen molar-refractivity contribution in [2.45, 2.75) is 37.5 Å². The van der Waals surface area contributed by atoms with Crippen LogP contribution in [0, 0.1) is 0 Å². The number of hydrogen-bond donors (Lipinski definition) is 4. The molecule has 0 aliphatic carbocycles. The van der Waals surface area contributed by atoms with E-state index in [4.69, 9.17) is 10.8 Å². The molecule has 0 heterocycles. The molecule has 0 saturated heterocycles. The van der Waals surface area contributed by atoms with E-state index in [9.17, 15) is 9.59 Å². The third kappa shape index (κ3) is 5.64. The fraction of sp³-hybridized carbons (Fsp3) is 0.778. The van der Waals surface area contributed by atoms with E-state index in [1.165, 1.54) is 0 Å². The third-order valence-corrected chi connectivity index (χ3v) is 2.12. The highest BCUT2D eigenvalue weighted by molar-refractivity contribution is 7.81. The number of carbonyl (C=O) groups is 2. The molecule has 0 spiro atoms. The van der Waals surface area contributed by atoms with E-state index in [0.717, 1.165) is 0 Å². The van der Waals surface area contributed by atoms with E-state index < -0.39 is 16.8 Å². The monoisotopic (exact) mass is 234 g/mol. The Morgan fingerprint density at radius 1 is 1.53 bits per heavy atom. The largest absolute Gasteiger partial charge is 0.480 e.